The van der Waals surface area contributed by atoms with Crippen LogP contribution in [0.1, 0.15) is 22.3 Å². The number of carbonyl (C=O) groups is 1. The number of amides is 1. The lowest BCUT2D eigenvalue weighted by molar-refractivity contribution is 0.0776. The van der Waals surface area contributed by atoms with E-state index in [1.54, 1.807) is 6.20 Å². The first-order valence-electron chi connectivity index (χ1n) is 8.38. The van der Waals surface area contributed by atoms with Gasteiger partial charge in [0.15, 0.2) is 11.5 Å². The van der Waals surface area contributed by atoms with Crippen LogP contribution in [-0.2, 0) is 6.42 Å². The third-order valence-corrected chi connectivity index (χ3v) is 4.62. The molecule has 4 rings (SSSR count). The van der Waals surface area contributed by atoms with Gasteiger partial charge in [0.25, 0.3) is 5.91 Å². The number of pyridine rings is 1. The van der Waals surface area contributed by atoms with Crippen molar-refractivity contribution in [1.82, 2.24) is 9.88 Å². The number of hydrogen-bond acceptors (Lipinski definition) is 4. The van der Waals surface area contributed by atoms with E-state index in [0.717, 1.165) is 25.9 Å². The normalized spacial score (nSPS) is 19.3. The molecule has 0 saturated carbocycles. The van der Waals surface area contributed by atoms with Crippen molar-refractivity contribution in [3.63, 3.8) is 0 Å². The number of nitrogens with zero attached hydrogens (tertiary/aromatic N) is 2. The molecule has 5 heteroatoms. The molecule has 0 radical (unpaired) electrons. The molecule has 24 heavy (non-hydrogen) atoms. The number of fused-ring (bicyclic) bond motifs is 1. The topological polar surface area (TPSA) is 51.7 Å². The molecule has 2 aromatic rings. The summed E-state index contributed by atoms with van der Waals surface area (Å²) >= 11 is 0. The molecule has 1 amide bonds. The Hall–Kier alpha value is -2.56. The lowest BCUT2D eigenvalue weighted by Gasteiger charge is -2.23. The summed E-state index contributed by atoms with van der Waals surface area (Å²) in [6.45, 7) is 2.58. The van der Waals surface area contributed by atoms with Crippen molar-refractivity contribution in [1.29, 1.82) is 0 Å². The Labute approximate surface area is 141 Å². The number of benzene rings is 1. The van der Waals surface area contributed by atoms with Gasteiger partial charge in [0.2, 0.25) is 0 Å². The molecule has 1 fully saturated rings. The molecule has 5 nitrogen and oxygen atoms in total. The van der Waals surface area contributed by atoms with Gasteiger partial charge in [-0.3, -0.25) is 9.78 Å². The van der Waals surface area contributed by atoms with Gasteiger partial charge in [0, 0.05) is 25.5 Å². The highest BCUT2D eigenvalue weighted by atomic mass is 16.6. The fraction of sp³-hybridized carbons (Fsp3) is 0.368. The van der Waals surface area contributed by atoms with Crippen LogP contribution in [0.3, 0.4) is 0 Å². The van der Waals surface area contributed by atoms with Crippen molar-refractivity contribution in [3.8, 4) is 11.5 Å². The first-order chi connectivity index (χ1) is 11.8. The van der Waals surface area contributed by atoms with E-state index in [0.29, 0.717) is 36.2 Å². The second kappa shape index (κ2) is 6.51. The number of hydrogen-bond donors (Lipinski definition) is 0. The van der Waals surface area contributed by atoms with E-state index in [-0.39, 0.29) is 5.91 Å². The van der Waals surface area contributed by atoms with Crippen LogP contribution in [0, 0.1) is 5.92 Å². The van der Waals surface area contributed by atoms with Crippen LogP contribution in [0.15, 0.2) is 42.7 Å². The van der Waals surface area contributed by atoms with Crippen LogP contribution in [0.25, 0.3) is 0 Å². The Kier molecular flexibility index (Phi) is 4.07. The molecule has 1 saturated heterocycles. The van der Waals surface area contributed by atoms with Crippen LogP contribution < -0.4 is 9.47 Å². The van der Waals surface area contributed by atoms with E-state index >= 15 is 0 Å². The molecule has 2 aliphatic rings. The predicted molar refractivity (Wildman–Crippen MR) is 89.4 cm³/mol. The molecule has 1 aromatic carbocycles. The Bertz CT molecular complexity index is 733. The lowest BCUT2D eigenvalue weighted by Crippen LogP contribution is -2.30. The molecule has 0 N–H and O–H groups in total. The number of rotatable bonds is 3. The van der Waals surface area contributed by atoms with E-state index in [4.69, 9.17) is 9.47 Å². The van der Waals surface area contributed by atoms with Crippen LogP contribution in [0.4, 0.5) is 0 Å². The number of carbonyl (C=O) groups excluding carboxylic acids is 1. The summed E-state index contributed by atoms with van der Waals surface area (Å²) in [6.07, 6.45) is 5.68. The summed E-state index contributed by atoms with van der Waals surface area (Å²) in [4.78, 5) is 19.0. The maximum absolute atomic E-state index is 12.9. The largest absolute Gasteiger partial charge is 0.486 e. The van der Waals surface area contributed by atoms with Gasteiger partial charge < -0.3 is 14.4 Å². The van der Waals surface area contributed by atoms with Gasteiger partial charge in [-0.25, -0.2) is 0 Å². The molecule has 124 valence electrons. The zero-order valence-electron chi connectivity index (χ0n) is 13.5. The molecule has 1 aromatic heterocycles. The number of para-hydroxylation sites is 1. The molecule has 2 aliphatic heterocycles. The minimum atomic E-state index is 0.0334. The van der Waals surface area contributed by atoms with Crippen LogP contribution in [-0.4, -0.2) is 42.1 Å². The summed E-state index contributed by atoms with van der Waals surface area (Å²) in [5.41, 5.74) is 1.83. The maximum atomic E-state index is 12.9. The zero-order valence-corrected chi connectivity index (χ0v) is 13.5. The van der Waals surface area contributed by atoms with Crippen molar-refractivity contribution in [2.24, 2.45) is 5.92 Å². The molecule has 0 spiro atoms. The van der Waals surface area contributed by atoms with Crippen LogP contribution in [0.2, 0.25) is 0 Å². The van der Waals surface area contributed by atoms with Crippen molar-refractivity contribution >= 4 is 5.91 Å². The minimum Gasteiger partial charge on any atom is -0.486 e. The summed E-state index contributed by atoms with van der Waals surface area (Å²) in [5.74, 6) is 1.77. The zero-order chi connectivity index (χ0) is 16.4. The Morgan fingerprint density at radius 2 is 2.12 bits per heavy atom. The monoisotopic (exact) mass is 324 g/mol. The van der Waals surface area contributed by atoms with E-state index in [1.165, 1.54) is 5.56 Å². The second-order valence-corrected chi connectivity index (χ2v) is 6.30. The van der Waals surface area contributed by atoms with Gasteiger partial charge >= 0.3 is 0 Å². The number of likely N-dealkylation sites (tertiary alicyclic amines) is 1. The van der Waals surface area contributed by atoms with Gasteiger partial charge in [-0.15, -0.1) is 0 Å². The fourth-order valence-corrected chi connectivity index (χ4v) is 3.45. The Morgan fingerprint density at radius 3 is 3.00 bits per heavy atom. The maximum Gasteiger partial charge on any atom is 0.257 e. The smallest absolute Gasteiger partial charge is 0.257 e. The highest BCUT2D eigenvalue weighted by Gasteiger charge is 2.30. The number of ether oxygens (including phenoxy) is 2. The highest BCUT2D eigenvalue weighted by Crippen LogP contribution is 2.35. The van der Waals surface area contributed by atoms with Crippen LogP contribution >= 0.6 is 0 Å². The third kappa shape index (κ3) is 2.94. The summed E-state index contributed by atoms with van der Waals surface area (Å²) in [5, 5.41) is 0. The Morgan fingerprint density at radius 1 is 1.21 bits per heavy atom. The quantitative estimate of drug-likeness (QED) is 0.871. The standard InChI is InChI=1S/C19H20N2O3/c22-19(16-4-1-5-17-18(16)24-10-9-23-17)21-8-6-15(13-21)11-14-3-2-7-20-12-14/h1-5,7,12,15H,6,8-11,13H2. The third-order valence-electron chi connectivity index (χ3n) is 4.62. The molecule has 1 unspecified atom stereocenters. The number of aromatic nitrogens is 1. The van der Waals surface area contributed by atoms with Gasteiger partial charge in [0.05, 0.1) is 5.56 Å². The molecule has 3 heterocycles. The first-order valence-corrected chi connectivity index (χ1v) is 8.38. The Balaban J connectivity index is 1.46. The molecular formula is C19H20N2O3. The van der Waals surface area contributed by atoms with Crippen LogP contribution in [0.5, 0.6) is 11.5 Å². The summed E-state index contributed by atoms with van der Waals surface area (Å²) in [7, 11) is 0. The lowest BCUT2D eigenvalue weighted by atomic mass is 10.00. The minimum absolute atomic E-state index is 0.0334. The average Bonchev–Trinajstić information content (AvgIpc) is 3.10. The first kappa shape index (κ1) is 15.0. The van der Waals surface area contributed by atoms with Gasteiger partial charge in [0.1, 0.15) is 13.2 Å². The van der Waals surface area contributed by atoms with Gasteiger partial charge in [-0.2, -0.15) is 0 Å². The predicted octanol–water partition coefficient (Wildman–Crippen LogP) is 2.56. The molecule has 0 aliphatic carbocycles. The summed E-state index contributed by atoms with van der Waals surface area (Å²) < 4.78 is 11.3. The second-order valence-electron chi connectivity index (χ2n) is 6.30. The van der Waals surface area contributed by atoms with E-state index < -0.39 is 0 Å². The average molecular weight is 324 g/mol. The van der Waals surface area contributed by atoms with Crippen molar-refractivity contribution in [2.45, 2.75) is 12.8 Å². The van der Waals surface area contributed by atoms with E-state index in [9.17, 15) is 4.79 Å². The summed E-state index contributed by atoms with van der Waals surface area (Å²) in [6, 6.07) is 9.58. The fourth-order valence-electron chi connectivity index (χ4n) is 3.45. The molecule has 0 bridgehead atoms. The van der Waals surface area contributed by atoms with E-state index in [2.05, 4.69) is 11.1 Å². The van der Waals surface area contributed by atoms with Crippen molar-refractivity contribution < 1.29 is 14.3 Å². The van der Waals surface area contributed by atoms with Gasteiger partial charge in [-0.1, -0.05) is 12.1 Å². The SMILES string of the molecule is O=C(c1cccc2c1OCCO2)N1CCC(Cc2cccnc2)C1. The van der Waals surface area contributed by atoms with Gasteiger partial charge in [-0.05, 0) is 42.5 Å². The van der Waals surface area contributed by atoms with E-state index in [1.807, 2.05) is 35.4 Å². The molecular weight excluding hydrogens is 304 g/mol. The van der Waals surface area contributed by atoms with Crippen molar-refractivity contribution in [2.75, 3.05) is 26.3 Å². The molecule has 1 atom stereocenters. The van der Waals surface area contributed by atoms with Crippen molar-refractivity contribution in [3.05, 3.63) is 53.9 Å². The highest BCUT2D eigenvalue weighted by molar-refractivity contribution is 5.98.